The number of nitrogens with two attached hydrogens (primary N) is 1. The van der Waals surface area contributed by atoms with Crippen molar-refractivity contribution in [1.82, 2.24) is 9.29 Å². The number of pyridine rings is 1. The second kappa shape index (κ2) is 4.90. The van der Waals surface area contributed by atoms with E-state index >= 15 is 0 Å². The van der Waals surface area contributed by atoms with E-state index in [-0.39, 0.29) is 21.2 Å². The van der Waals surface area contributed by atoms with E-state index in [0.29, 0.717) is 13.1 Å². The van der Waals surface area contributed by atoms with Crippen LogP contribution in [0.4, 0.5) is 5.82 Å². The summed E-state index contributed by atoms with van der Waals surface area (Å²) >= 11 is 5.91. The Bertz CT molecular complexity index is 588. The molecule has 1 saturated heterocycles. The predicted octanol–water partition coefficient (Wildman–Crippen LogP) is 1.44. The van der Waals surface area contributed by atoms with Gasteiger partial charge < -0.3 is 5.43 Å². The van der Waals surface area contributed by atoms with Crippen LogP contribution in [-0.4, -0.2) is 30.8 Å². The fraction of sp³-hybridized carbons (Fsp3) is 0.545. The first-order valence-corrected chi connectivity index (χ1v) is 7.70. The van der Waals surface area contributed by atoms with Crippen molar-refractivity contribution in [3.8, 4) is 0 Å². The molecule has 0 aliphatic carbocycles. The van der Waals surface area contributed by atoms with Crippen molar-refractivity contribution < 1.29 is 8.42 Å². The third-order valence-corrected chi connectivity index (χ3v) is 5.33. The van der Waals surface area contributed by atoms with E-state index in [4.69, 9.17) is 17.4 Å². The Morgan fingerprint density at radius 1 is 1.53 bits per heavy atom. The van der Waals surface area contributed by atoms with Crippen molar-refractivity contribution in [3.05, 3.63) is 17.3 Å². The number of nitrogens with zero attached hydrogens (tertiary/aromatic N) is 2. The van der Waals surface area contributed by atoms with Gasteiger partial charge >= 0.3 is 0 Å². The van der Waals surface area contributed by atoms with E-state index in [1.54, 1.807) is 0 Å². The van der Waals surface area contributed by atoms with Gasteiger partial charge in [-0.1, -0.05) is 25.4 Å². The summed E-state index contributed by atoms with van der Waals surface area (Å²) in [5, 5.41) is 0.182. The van der Waals surface area contributed by atoms with Gasteiger partial charge in [0.25, 0.3) is 0 Å². The van der Waals surface area contributed by atoms with Gasteiger partial charge in [0.1, 0.15) is 4.90 Å². The van der Waals surface area contributed by atoms with Crippen molar-refractivity contribution in [1.29, 1.82) is 0 Å². The summed E-state index contributed by atoms with van der Waals surface area (Å²) in [4.78, 5) is 3.99. The van der Waals surface area contributed by atoms with Crippen molar-refractivity contribution in [3.63, 3.8) is 0 Å². The van der Waals surface area contributed by atoms with Crippen LogP contribution in [0, 0.1) is 5.41 Å². The third-order valence-electron chi connectivity index (χ3n) is 3.23. The standard InChI is InChI=1S/C11H17ClN4O2S/c1-11(2)3-4-16(7-11)19(17,18)8-5-9(12)10(15-13)14-6-8/h5-6H,3-4,7,13H2,1-2H3,(H,14,15). The maximum Gasteiger partial charge on any atom is 0.244 e. The minimum Gasteiger partial charge on any atom is -0.307 e. The zero-order chi connectivity index (χ0) is 14.3. The fourth-order valence-corrected chi connectivity index (χ4v) is 3.97. The Hall–Kier alpha value is -0.890. The number of sulfonamides is 1. The van der Waals surface area contributed by atoms with Gasteiger partial charge in [0, 0.05) is 19.3 Å². The number of nitrogen functional groups attached to an aromatic ring is 1. The summed E-state index contributed by atoms with van der Waals surface area (Å²) < 4.78 is 26.4. The lowest BCUT2D eigenvalue weighted by molar-refractivity contribution is 0.375. The van der Waals surface area contributed by atoms with E-state index < -0.39 is 10.0 Å². The normalized spacial score (nSPS) is 19.6. The van der Waals surface area contributed by atoms with E-state index in [0.717, 1.165) is 6.42 Å². The van der Waals surface area contributed by atoms with Gasteiger partial charge in [-0.25, -0.2) is 19.2 Å². The Morgan fingerprint density at radius 2 is 2.21 bits per heavy atom. The minimum absolute atomic E-state index is 0.00302. The lowest BCUT2D eigenvalue weighted by Gasteiger charge is -2.19. The van der Waals surface area contributed by atoms with Crippen molar-refractivity contribution in [2.24, 2.45) is 11.3 Å². The third kappa shape index (κ3) is 2.84. The molecular formula is C11H17ClN4O2S. The molecule has 1 aromatic heterocycles. The molecule has 0 saturated carbocycles. The Kier molecular flexibility index (Phi) is 3.74. The molecule has 1 aliphatic heterocycles. The molecule has 0 spiro atoms. The molecule has 0 unspecified atom stereocenters. The molecule has 1 fully saturated rings. The highest BCUT2D eigenvalue weighted by atomic mass is 35.5. The molecule has 0 radical (unpaired) electrons. The molecule has 1 aromatic rings. The summed E-state index contributed by atoms with van der Waals surface area (Å²) in [6.45, 7) is 5.12. The topological polar surface area (TPSA) is 88.3 Å². The summed E-state index contributed by atoms with van der Waals surface area (Å²) in [5.41, 5.74) is 2.31. The fourth-order valence-electron chi connectivity index (χ4n) is 2.08. The van der Waals surface area contributed by atoms with Gasteiger partial charge in [0.05, 0.1) is 5.02 Å². The van der Waals surface area contributed by atoms with Gasteiger partial charge in [-0.05, 0) is 17.9 Å². The monoisotopic (exact) mass is 304 g/mol. The van der Waals surface area contributed by atoms with Crippen molar-refractivity contribution >= 4 is 27.4 Å². The highest BCUT2D eigenvalue weighted by molar-refractivity contribution is 7.89. The zero-order valence-corrected chi connectivity index (χ0v) is 12.4. The lowest BCUT2D eigenvalue weighted by atomic mass is 9.93. The number of rotatable bonds is 3. The molecule has 2 heterocycles. The molecule has 8 heteroatoms. The molecule has 19 heavy (non-hydrogen) atoms. The van der Waals surface area contributed by atoms with E-state index in [2.05, 4.69) is 24.3 Å². The average molecular weight is 305 g/mol. The highest BCUT2D eigenvalue weighted by Gasteiger charge is 2.37. The molecule has 0 amide bonds. The number of hydrogen-bond acceptors (Lipinski definition) is 5. The molecule has 0 bridgehead atoms. The molecule has 6 nitrogen and oxygen atoms in total. The summed E-state index contributed by atoms with van der Waals surface area (Å²) in [5.74, 6) is 5.46. The number of aromatic nitrogens is 1. The van der Waals surface area contributed by atoms with Gasteiger partial charge in [0.15, 0.2) is 5.82 Å². The Morgan fingerprint density at radius 3 is 2.68 bits per heavy atom. The second-order valence-electron chi connectivity index (χ2n) is 5.40. The molecule has 2 rings (SSSR count). The van der Waals surface area contributed by atoms with Crippen LogP contribution in [-0.2, 0) is 10.0 Å². The number of anilines is 1. The second-order valence-corrected chi connectivity index (χ2v) is 7.74. The van der Waals surface area contributed by atoms with Crippen LogP contribution in [0.25, 0.3) is 0 Å². The van der Waals surface area contributed by atoms with E-state index in [1.165, 1.54) is 16.6 Å². The van der Waals surface area contributed by atoms with E-state index in [1.807, 2.05) is 0 Å². The van der Waals surface area contributed by atoms with Crippen LogP contribution in [0.2, 0.25) is 5.02 Å². The highest BCUT2D eigenvalue weighted by Crippen LogP contribution is 2.33. The van der Waals surface area contributed by atoms with Crippen molar-refractivity contribution in [2.45, 2.75) is 25.2 Å². The Labute approximate surface area is 118 Å². The van der Waals surface area contributed by atoms with Crippen LogP contribution < -0.4 is 11.3 Å². The van der Waals surface area contributed by atoms with Crippen LogP contribution in [0.3, 0.4) is 0 Å². The Balaban J connectivity index is 2.33. The smallest absolute Gasteiger partial charge is 0.244 e. The number of nitrogens with one attached hydrogen (secondary N) is 1. The lowest BCUT2D eigenvalue weighted by Crippen LogP contribution is -2.30. The van der Waals surface area contributed by atoms with Gasteiger partial charge in [-0.3, -0.25) is 0 Å². The number of halogens is 1. The minimum atomic E-state index is -3.54. The first-order chi connectivity index (χ1) is 8.76. The molecule has 3 N–H and O–H groups in total. The first-order valence-electron chi connectivity index (χ1n) is 5.89. The van der Waals surface area contributed by atoms with Crippen LogP contribution in [0.15, 0.2) is 17.2 Å². The summed E-state index contributed by atoms with van der Waals surface area (Å²) in [6, 6.07) is 1.37. The SMILES string of the molecule is CC1(C)CCN(S(=O)(=O)c2cnc(NN)c(Cl)c2)C1. The maximum atomic E-state index is 12.4. The molecule has 1 aliphatic rings. The average Bonchev–Trinajstić information content (AvgIpc) is 2.70. The van der Waals surface area contributed by atoms with Crippen LogP contribution in [0.5, 0.6) is 0 Å². The number of hydrogen-bond donors (Lipinski definition) is 2. The zero-order valence-electron chi connectivity index (χ0n) is 10.9. The van der Waals surface area contributed by atoms with Crippen LogP contribution >= 0.6 is 11.6 Å². The molecule has 0 aromatic carbocycles. The van der Waals surface area contributed by atoms with E-state index in [9.17, 15) is 8.42 Å². The largest absolute Gasteiger partial charge is 0.307 e. The van der Waals surface area contributed by atoms with Crippen LogP contribution in [0.1, 0.15) is 20.3 Å². The first kappa shape index (κ1) is 14.5. The quantitative estimate of drug-likeness (QED) is 0.651. The summed E-state index contributed by atoms with van der Waals surface area (Å²) in [6.07, 6.45) is 2.11. The maximum absolute atomic E-state index is 12.4. The van der Waals surface area contributed by atoms with Crippen molar-refractivity contribution in [2.75, 3.05) is 18.5 Å². The summed E-state index contributed by atoms with van der Waals surface area (Å²) in [7, 11) is -3.54. The molecule has 106 valence electrons. The van der Waals surface area contributed by atoms with Gasteiger partial charge in [-0.2, -0.15) is 4.31 Å². The van der Waals surface area contributed by atoms with Gasteiger partial charge in [0.2, 0.25) is 10.0 Å². The molecular weight excluding hydrogens is 288 g/mol. The predicted molar refractivity (Wildman–Crippen MR) is 74.2 cm³/mol. The van der Waals surface area contributed by atoms with Gasteiger partial charge in [-0.15, -0.1) is 0 Å². The molecule has 0 atom stereocenters. The number of hydrazine groups is 1.